The summed E-state index contributed by atoms with van der Waals surface area (Å²) in [6.45, 7) is 7.44. The summed E-state index contributed by atoms with van der Waals surface area (Å²) in [5, 5.41) is 4.84. The van der Waals surface area contributed by atoms with Gasteiger partial charge in [0.25, 0.3) is 0 Å². The molecule has 0 aliphatic heterocycles. The molecular formula is C18H24N2O. The molecule has 0 spiro atoms. The van der Waals surface area contributed by atoms with E-state index in [4.69, 9.17) is 4.74 Å². The van der Waals surface area contributed by atoms with Crippen LogP contribution in [-0.2, 0) is 4.74 Å². The number of para-hydroxylation sites is 1. The predicted octanol–water partition coefficient (Wildman–Crippen LogP) is 4.24. The van der Waals surface area contributed by atoms with Crippen molar-refractivity contribution in [3.8, 4) is 0 Å². The predicted molar refractivity (Wildman–Crippen MR) is 87.6 cm³/mol. The average molecular weight is 284 g/mol. The first kappa shape index (κ1) is 14.3. The fourth-order valence-electron chi connectivity index (χ4n) is 3.33. The van der Waals surface area contributed by atoms with E-state index in [1.54, 1.807) is 0 Å². The van der Waals surface area contributed by atoms with E-state index in [2.05, 4.69) is 49.3 Å². The van der Waals surface area contributed by atoms with Crippen molar-refractivity contribution in [2.45, 2.75) is 45.8 Å². The van der Waals surface area contributed by atoms with Gasteiger partial charge in [0.05, 0.1) is 23.5 Å². The number of ether oxygens (including phenoxy) is 1. The number of nitrogens with zero attached hydrogens (tertiary/aromatic N) is 1. The highest BCUT2D eigenvalue weighted by Crippen LogP contribution is 2.47. The van der Waals surface area contributed by atoms with Crippen molar-refractivity contribution in [1.29, 1.82) is 0 Å². The molecule has 3 rings (SSSR count). The average Bonchev–Trinajstić information content (AvgIpc) is 2.53. The Morgan fingerprint density at radius 1 is 1.33 bits per heavy atom. The van der Waals surface area contributed by atoms with Crippen LogP contribution < -0.4 is 5.32 Å². The Labute approximate surface area is 126 Å². The van der Waals surface area contributed by atoms with Crippen molar-refractivity contribution in [3.63, 3.8) is 0 Å². The van der Waals surface area contributed by atoms with Crippen LogP contribution in [0.25, 0.3) is 10.9 Å². The van der Waals surface area contributed by atoms with Gasteiger partial charge in [0, 0.05) is 23.4 Å². The van der Waals surface area contributed by atoms with Crippen LogP contribution in [0.15, 0.2) is 36.5 Å². The van der Waals surface area contributed by atoms with E-state index >= 15 is 0 Å². The van der Waals surface area contributed by atoms with Crippen LogP contribution in [0, 0.1) is 5.41 Å². The minimum atomic E-state index is 0.210. The molecule has 112 valence electrons. The SMILES string of the molecule is CCOC1CC(Nc2cnc3ccccc3c2)C1(C)CC. The van der Waals surface area contributed by atoms with Gasteiger partial charge in [-0.15, -0.1) is 0 Å². The van der Waals surface area contributed by atoms with E-state index < -0.39 is 0 Å². The lowest BCUT2D eigenvalue weighted by molar-refractivity contribution is -0.109. The minimum Gasteiger partial charge on any atom is -0.380 e. The van der Waals surface area contributed by atoms with E-state index in [1.807, 2.05) is 18.3 Å². The van der Waals surface area contributed by atoms with Crippen LogP contribution in [-0.4, -0.2) is 23.7 Å². The molecule has 2 aromatic rings. The number of fused-ring (bicyclic) bond motifs is 1. The first-order valence-electron chi connectivity index (χ1n) is 7.90. The number of hydrogen-bond acceptors (Lipinski definition) is 3. The lowest BCUT2D eigenvalue weighted by Gasteiger charge is -2.53. The number of pyridine rings is 1. The molecule has 1 fully saturated rings. The third-order valence-corrected chi connectivity index (χ3v) is 5.04. The first-order valence-corrected chi connectivity index (χ1v) is 7.90. The Morgan fingerprint density at radius 3 is 2.90 bits per heavy atom. The molecule has 1 saturated carbocycles. The van der Waals surface area contributed by atoms with Gasteiger partial charge < -0.3 is 10.1 Å². The zero-order chi connectivity index (χ0) is 14.9. The molecular weight excluding hydrogens is 260 g/mol. The molecule has 1 heterocycles. The Hall–Kier alpha value is -1.61. The van der Waals surface area contributed by atoms with Crippen LogP contribution in [0.2, 0.25) is 0 Å². The topological polar surface area (TPSA) is 34.1 Å². The number of nitrogens with one attached hydrogen (secondary N) is 1. The van der Waals surface area contributed by atoms with Crippen molar-refractivity contribution >= 4 is 16.6 Å². The fourth-order valence-corrected chi connectivity index (χ4v) is 3.33. The number of anilines is 1. The van der Waals surface area contributed by atoms with Crippen LogP contribution in [0.1, 0.15) is 33.6 Å². The van der Waals surface area contributed by atoms with Gasteiger partial charge in [-0.1, -0.05) is 32.0 Å². The molecule has 0 amide bonds. The molecule has 3 atom stereocenters. The second kappa shape index (κ2) is 5.64. The summed E-state index contributed by atoms with van der Waals surface area (Å²) in [7, 11) is 0. The number of aromatic nitrogens is 1. The molecule has 3 unspecified atom stereocenters. The summed E-state index contributed by atoms with van der Waals surface area (Å²) in [4.78, 5) is 4.53. The largest absolute Gasteiger partial charge is 0.380 e. The molecule has 0 saturated heterocycles. The van der Waals surface area contributed by atoms with Crippen LogP contribution >= 0.6 is 0 Å². The highest BCUT2D eigenvalue weighted by atomic mass is 16.5. The lowest BCUT2D eigenvalue weighted by atomic mass is 9.61. The second-order valence-corrected chi connectivity index (χ2v) is 6.15. The summed E-state index contributed by atoms with van der Waals surface area (Å²) in [5.74, 6) is 0. The van der Waals surface area contributed by atoms with Gasteiger partial charge in [0.2, 0.25) is 0 Å². The minimum absolute atomic E-state index is 0.210. The van der Waals surface area contributed by atoms with E-state index in [0.29, 0.717) is 12.1 Å². The van der Waals surface area contributed by atoms with Crippen molar-refractivity contribution < 1.29 is 4.74 Å². The lowest BCUT2D eigenvalue weighted by Crippen LogP contribution is -2.59. The summed E-state index contributed by atoms with van der Waals surface area (Å²) in [6.07, 6.45) is 4.51. The van der Waals surface area contributed by atoms with Gasteiger partial charge in [-0.05, 0) is 31.9 Å². The monoisotopic (exact) mass is 284 g/mol. The number of rotatable bonds is 5. The highest BCUT2D eigenvalue weighted by Gasteiger charge is 2.51. The zero-order valence-corrected chi connectivity index (χ0v) is 13.1. The maximum Gasteiger partial charge on any atom is 0.0703 e. The van der Waals surface area contributed by atoms with E-state index in [0.717, 1.165) is 30.7 Å². The zero-order valence-electron chi connectivity index (χ0n) is 13.1. The van der Waals surface area contributed by atoms with E-state index in [1.165, 1.54) is 5.39 Å². The van der Waals surface area contributed by atoms with Crippen LogP contribution in [0.3, 0.4) is 0 Å². The first-order chi connectivity index (χ1) is 10.2. The quantitative estimate of drug-likeness (QED) is 0.891. The highest BCUT2D eigenvalue weighted by molar-refractivity contribution is 5.81. The standard InChI is InChI=1S/C18H24N2O/c1-4-18(3)16(11-17(18)21-5-2)20-14-10-13-8-6-7-9-15(13)19-12-14/h6-10,12,16-17,20H,4-5,11H2,1-3H3. The summed E-state index contributed by atoms with van der Waals surface area (Å²) in [5.41, 5.74) is 2.36. The fraction of sp³-hybridized carbons (Fsp3) is 0.500. The Morgan fingerprint density at radius 2 is 2.14 bits per heavy atom. The van der Waals surface area contributed by atoms with Crippen molar-refractivity contribution in [2.24, 2.45) is 5.41 Å². The summed E-state index contributed by atoms with van der Waals surface area (Å²) < 4.78 is 5.87. The van der Waals surface area contributed by atoms with Gasteiger partial charge >= 0.3 is 0 Å². The van der Waals surface area contributed by atoms with Gasteiger partial charge in [-0.2, -0.15) is 0 Å². The van der Waals surface area contributed by atoms with Crippen LogP contribution in [0.4, 0.5) is 5.69 Å². The molecule has 1 N–H and O–H groups in total. The molecule has 0 radical (unpaired) electrons. The Balaban J connectivity index is 1.76. The maximum atomic E-state index is 5.87. The molecule has 3 nitrogen and oxygen atoms in total. The molecule has 1 aliphatic carbocycles. The number of benzene rings is 1. The van der Waals surface area contributed by atoms with Gasteiger partial charge in [-0.3, -0.25) is 4.98 Å². The van der Waals surface area contributed by atoms with E-state index in [9.17, 15) is 0 Å². The van der Waals surface area contributed by atoms with Crippen molar-refractivity contribution in [2.75, 3.05) is 11.9 Å². The Bertz CT molecular complexity index is 627. The molecule has 1 aromatic carbocycles. The molecule has 1 aliphatic rings. The molecule has 21 heavy (non-hydrogen) atoms. The maximum absolute atomic E-state index is 5.87. The Kier molecular flexibility index (Phi) is 3.85. The van der Waals surface area contributed by atoms with Gasteiger partial charge in [0.15, 0.2) is 0 Å². The van der Waals surface area contributed by atoms with E-state index in [-0.39, 0.29) is 5.41 Å². The molecule has 3 heteroatoms. The number of hydrogen-bond donors (Lipinski definition) is 1. The summed E-state index contributed by atoms with van der Waals surface area (Å²) in [6, 6.07) is 10.9. The smallest absolute Gasteiger partial charge is 0.0703 e. The summed E-state index contributed by atoms with van der Waals surface area (Å²) >= 11 is 0. The van der Waals surface area contributed by atoms with Gasteiger partial charge in [0.1, 0.15) is 0 Å². The van der Waals surface area contributed by atoms with Crippen molar-refractivity contribution in [3.05, 3.63) is 36.5 Å². The van der Waals surface area contributed by atoms with Crippen LogP contribution in [0.5, 0.6) is 0 Å². The second-order valence-electron chi connectivity index (χ2n) is 6.15. The molecule has 1 aromatic heterocycles. The third kappa shape index (κ3) is 2.51. The molecule has 0 bridgehead atoms. The third-order valence-electron chi connectivity index (χ3n) is 5.04. The normalized spacial score (nSPS) is 28.3. The van der Waals surface area contributed by atoms with Crippen molar-refractivity contribution in [1.82, 2.24) is 4.98 Å². The van der Waals surface area contributed by atoms with Gasteiger partial charge in [-0.25, -0.2) is 0 Å².